The molecule has 0 radical (unpaired) electrons. The van der Waals surface area contributed by atoms with Crippen LogP contribution >= 0.6 is 0 Å². The minimum absolute atomic E-state index is 0.160. The summed E-state index contributed by atoms with van der Waals surface area (Å²) in [5, 5.41) is 0. The van der Waals surface area contributed by atoms with Gasteiger partial charge in [0.2, 0.25) is 0 Å². The van der Waals surface area contributed by atoms with Crippen LogP contribution < -0.4 is 5.73 Å². The first-order valence-electron chi connectivity index (χ1n) is 7.33. The summed E-state index contributed by atoms with van der Waals surface area (Å²) in [6.45, 7) is 2.26. The number of para-hydroxylation sites is 2. The minimum Gasteiger partial charge on any atom is -0.441 e. The summed E-state index contributed by atoms with van der Waals surface area (Å²) in [6.07, 6.45) is 7.05. The number of oxazole rings is 1. The number of rotatable bonds is 4. The van der Waals surface area contributed by atoms with Crippen LogP contribution in [-0.2, 0) is 6.42 Å². The van der Waals surface area contributed by atoms with E-state index in [2.05, 4.69) is 11.9 Å². The summed E-state index contributed by atoms with van der Waals surface area (Å²) in [5.41, 5.74) is 8.58. The highest BCUT2D eigenvalue weighted by molar-refractivity contribution is 5.72. The fourth-order valence-electron chi connectivity index (χ4n) is 3.48. The average Bonchev–Trinajstić information content (AvgIpc) is 3.05. The van der Waals surface area contributed by atoms with Crippen molar-refractivity contribution in [3.63, 3.8) is 0 Å². The van der Waals surface area contributed by atoms with E-state index in [4.69, 9.17) is 10.2 Å². The van der Waals surface area contributed by atoms with E-state index in [-0.39, 0.29) is 6.04 Å². The van der Waals surface area contributed by atoms with Crippen molar-refractivity contribution in [2.75, 3.05) is 0 Å². The van der Waals surface area contributed by atoms with Crippen LogP contribution in [0.15, 0.2) is 28.7 Å². The van der Waals surface area contributed by atoms with Gasteiger partial charge >= 0.3 is 0 Å². The van der Waals surface area contributed by atoms with Crippen molar-refractivity contribution < 1.29 is 4.42 Å². The Morgan fingerprint density at radius 1 is 1.32 bits per heavy atom. The fourth-order valence-corrected chi connectivity index (χ4v) is 3.48. The highest BCUT2D eigenvalue weighted by Crippen LogP contribution is 2.43. The van der Waals surface area contributed by atoms with Gasteiger partial charge in [0.1, 0.15) is 5.52 Å². The van der Waals surface area contributed by atoms with Gasteiger partial charge in [0.05, 0.1) is 0 Å². The van der Waals surface area contributed by atoms with E-state index in [0.717, 1.165) is 29.8 Å². The molecule has 1 aromatic carbocycles. The van der Waals surface area contributed by atoms with Crippen LogP contribution in [0.1, 0.15) is 44.9 Å². The predicted octanol–water partition coefficient (Wildman–Crippen LogP) is 3.67. The fraction of sp³-hybridized carbons (Fsp3) is 0.562. The number of benzene rings is 1. The molecule has 3 rings (SSSR count). The molecule has 1 aliphatic carbocycles. The molecule has 2 N–H and O–H groups in total. The Balaban J connectivity index is 1.80. The standard InChI is InChI=1S/C16H22N2O/c1-2-16(9-5-6-10-16)14(17)11-15-18-12-7-3-4-8-13(12)19-15/h3-4,7-8,14H,2,5-6,9-11,17H2,1H3. The van der Waals surface area contributed by atoms with E-state index in [9.17, 15) is 0 Å². The first-order valence-corrected chi connectivity index (χ1v) is 7.33. The molecule has 1 aromatic heterocycles. The first-order chi connectivity index (χ1) is 9.23. The summed E-state index contributed by atoms with van der Waals surface area (Å²) < 4.78 is 5.80. The molecule has 0 bridgehead atoms. The van der Waals surface area contributed by atoms with E-state index >= 15 is 0 Å². The summed E-state index contributed by atoms with van der Waals surface area (Å²) >= 11 is 0. The topological polar surface area (TPSA) is 52.0 Å². The highest BCUT2D eigenvalue weighted by atomic mass is 16.3. The molecule has 19 heavy (non-hydrogen) atoms. The molecule has 1 saturated carbocycles. The van der Waals surface area contributed by atoms with Gasteiger partial charge in [-0.05, 0) is 36.8 Å². The van der Waals surface area contributed by atoms with Crippen LogP contribution in [0.2, 0.25) is 0 Å². The molecule has 1 fully saturated rings. The Hall–Kier alpha value is -1.35. The highest BCUT2D eigenvalue weighted by Gasteiger charge is 2.38. The second kappa shape index (κ2) is 4.97. The molecule has 0 aliphatic heterocycles. The van der Waals surface area contributed by atoms with E-state index in [0.29, 0.717) is 5.41 Å². The first kappa shape index (κ1) is 12.7. The number of hydrogen-bond donors (Lipinski definition) is 1. The molecule has 1 unspecified atom stereocenters. The van der Waals surface area contributed by atoms with Gasteiger partial charge in [-0.15, -0.1) is 0 Å². The minimum atomic E-state index is 0.160. The SMILES string of the molecule is CCC1(C(N)Cc2nc3ccccc3o2)CCCC1. The molecule has 102 valence electrons. The van der Waals surface area contributed by atoms with Crippen LogP contribution in [0.5, 0.6) is 0 Å². The van der Waals surface area contributed by atoms with Crippen molar-refractivity contribution in [2.24, 2.45) is 11.1 Å². The third kappa shape index (κ3) is 2.27. The Kier molecular flexibility index (Phi) is 3.31. The van der Waals surface area contributed by atoms with Crippen molar-refractivity contribution >= 4 is 11.1 Å². The van der Waals surface area contributed by atoms with Crippen LogP contribution in [0.25, 0.3) is 11.1 Å². The van der Waals surface area contributed by atoms with Crippen LogP contribution in [0.4, 0.5) is 0 Å². The summed E-state index contributed by atoms with van der Waals surface area (Å²) in [4.78, 5) is 4.54. The third-order valence-electron chi connectivity index (χ3n) is 4.82. The largest absolute Gasteiger partial charge is 0.441 e. The van der Waals surface area contributed by atoms with E-state index < -0.39 is 0 Å². The Labute approximate surface area is 114 Å². The molecule has 3 nitrogen and oxygen atoms in total. The van der Waals surface area contributed by atoms with E-state index in [1.165, 1.54) is 25.7 Å². The van der Waals surface area contributed by atoms with Gasteiger partial charge in [-0.2, -0.15) is 0 Å². The molecular weight excluding hydrogens is 236 g/mol. The van der Waals surface area contributed by atoms with Gasteiger partial charge in [0.25, 0.3) is 0 Å². The summed E-state index contributed by atoms with van der Waals surface area (Å²) in [5.74, 6) is 0.786. The molecule has 0 spiro atoms. The van der Waals surface area contributed by atoms with Crippen molar-refractivity contribution in [1.82, 2.24) is 4.98 Å². The number of fused-ring (bicyclic) bond motifs is 1. The monoisotopic (exact) mass is 258 g/mol. The number of hydrogen-bond acceptors (Lipinski definition) is 3. The predicted molar refractivity (Wildman–Crippen MR) is 76.9 cm³/mol. The zero-order chi connectivity index (χ0) is 13.3. The Morgan fingerprint density at radius 3 is 2.74 bits per heavy atom. The smallest absolute Gasteiger partial charge is 0.197 e. The van der Waals surface area contributed by atoms with Crippen molar-refractivity contribution in [2.45, 2.75) is 51.5 Å². The van der Waals surface area contributed by atoms with Gasteiger partial charge in [-0.3, -0.25) is 0 Å². The Morgan fingerprint density at radius 2 is 2.05 bits per heavy atom. The normalized spacial score (nSPS) is 19.9. The van der Waals surface area contributed by atoms with Gasteiger partial charge < -0.3 is 10.2 Å². The molecule has 1 atom stereocenters. The lowest BCUT2D eigenvalue weighted by atomic mass is 9.75. The molecule has 1 heterocycles. The summed E-state index contributed by atoms with van der Waals surface area (Å²) in [7, 11) is 0. The molecule has 2 aromatic rings. The van der Waals surface area contributed by atoms with Gasteiger partial charge in [0, 0.05) is 12.5 Å². The third-order valence-corrected chi connectivity index (χ3v) is 4.82. The molecular formula is C16H22N2O. The molecule has 1 aliphatic rings. The lowest BCUT2D eigenvalue weighted by molar-refractivity contribution is 0.211. The van der Waals surface area contributed by atoms with Crippen LogP contribution in [0.3, 0.4) is 0 Å². The number of nitrogens with two attached hydrogens (primary N) is 1. The number of aromatic nitrogens is 1. The average molecular weight is 258 g/mol. The lowest BCUT2D eigenvalue weighted by Gasteiger charge is -2.33. The van der Waals surface area contributed by atoms with Gasteiger partial charge in [0.15, 0.2) is 11.5 Å². The molecule has 0 saturated heterocycles. The maximum Gasteiger partial charge on any atom is 0.197 e. The van der Waals surface area contributed by atoms with Gasteiger partial charge in [-0.1, -0.05) is 31.9 Å². The number of nitrogens with zero attached hydrogens (tertiary/aromatic N) is 1. The maximum absolute atomic E-state index is 6.48. The maximum atomic E-state index is 6.48. The van der Waals surface area contributed by atoms with Crippen molar-refractivity contribution in [3.05, 3.63) is 30.2 Å². The summed E-state index contributed by atoms with van der Waals surface area (Å²) in [6, 6.07) is 8.07. The van der Waals surface area contributed by atoms with Crippen LogP contribution in [0, 0.1) is 5.41 Å². The quantitative estimate of drug-likeness (QED) is 0.910. The second-order valence-electron chi connectivity index (χ2n) is 5.81. The molecule has 0 amide bonds. The molecule has 3 heteroatoms. The van der Waals surface area contributed by atoms with E-state index in [1.54, 1.807) is 0 Å². The second-order valence-corrected chi connectivity index (χ2v) is 5.81. The van der Waals surface area contributed by atoms with Crippen molar-refractivity contribution in [1.29, 1.82) is 0 Å². The Bertz CT molecular complexity index is 522. The zero-order valence-electron chi connectivity index (χ0n) is 11.6. The van der Waals surface area contributed by atoms with Crippen molar-refractivity contribution in [3.8, 4) is 0 Å². The van der Waals surface area contributed by atoms with Gasteiger partial charge in [-0.25, -0.2) is 4.98 Å². The lowest BCUT2D eigenvalue weighted by Crippen LogP contribution is -2.41. The van der Waals surface area contributed by atoms with E-state index in [1.807, 2.05) is 24.3 Å². The zero-order valence-corrected chi connectivity index (χ0v) is 11.6. The van der Waals surface area contributed by atoms with Crippen LogP contribution in [-0.4, -0.2) is 11.0 Å².